The molecule has 0 aliphatic carbocycles. The Morgan fingerprint density at radius 2 is 2.10 bits per heavy atom. The SMILES string of the molecule is CB(N=O)c1ccc(COc2ccc3nc(C4=N[C@@H](C(=O)O)CS4)sc3c2)cc1. The Balaban J connectivity index is 1.46. The average molecular weight is 425 g/mol. The number of aliphatic imine (C=N–C) groups is 1. The molecule has 1 N–H and O–H groups in total. The lowest BCUT2D eigenvalue weighted by Gasteiger charge is -2.07. The van der Waals surface area contributed by atoms with Crippen LogP contribution in [0, 0.1) is 4.91 Å². The summed E-state index contributed by atoms with van der Waals surface area (Å²) in [6, 6.07) is 12.6. The molecule has 1 aliphatic heterocycles. The number of nitroso groups, excluding NO2 is 1. The van der Waals surface area contributed by atoms with Gasteiger partial charge >= 0.3 is 12.8 Å². The molecule has 3 aromatic rings. The van der Waals surface area contributed by atoms with Gasteiger partial charge in [0.05, 0.1) is 10.2 Å². The third-order valence-corrected chi connectivity index (χ3v) is 6.71. The molecular formula is C19H16BN3O4S2. The minimum absolute atomic E-state index is 0.360. The van der Waals surface area contributed by atoms with Crippen LogP contribution in [0.15, 0.2) is 52.5 Å². The number of carboxylic acid groups (broad SMARTS) is 1. The first-order chi connectivity index (χ1) is 14.0. The van der Waals surface area contributed by atoms with Crippen molar-refractivity contribution in [1.29, 1.82) is 0 Å². The minimum Gasteiger partial charge on any atom is -0.489 e. The number of benzene rings is 2. The molecule has 0 bridgehead atoms. The molecule has 0 spiro atoms. The van der Waals surface area contributed by atoms with Gasteiger partial charge < -0.3 is 9.84 Å². The lowest BCUT2D eigenvalue weighted by molar-refractivity contribution is -0.137. The number of nitrogens with zero attached hydrogens (tertiary/aromatic N) is 3. The number of rotatable bonds is 7. The molecule has 1 atom stereocenters. The molecule has 29 heavy (non-hydrogen) atoms. The van der Waals surface area contributed by atoms with Gasteiger partial charge in [0, 0.05) is 5.75 Å². The van der Waals surface area contributed by atoms with Crippen LogP contribution in [-0.4, -0.2) is 39.7 Å². The monoisotopic (exact) mass is 425 g/mol. The maximum absolute atomic E-state index is 11.1. The Hall–Kier alpha value is -2.72. The topological polar surface area (TPSA) is 101 Å². The van der Waals surface area contributed by atoms with Gasteiger partial charge in [-0.2, -0.15) is 4.91 Å². The number of thiazole rings is 1. The maximum atomic E-state index is 11.1. The van der Waals surface area contributed by atoms with Crippen LogP contribution in [-0.2, 0) is 11.4 Å². The molecule has 7 nitrogen and oxygen atoms in total. The third kappa shape index (κ3) is 4.33. The molecule has 146 valence electrons. The van der Waals surface area contributed by atoms with Crippen molar-refractivity contribution in [1.82, 2.24) is 4.98 Å². The van der Waals surface area contributed by atoms with Crippen molar-refractivity contribution >= 4 is 56.6 Å². The van der Waals surface area contributed by atoms with E-state index in [1.807, 2.05) is 42.5 Å². The van der Waals surface area contributed by atoms with Gasteiger partial charge in [0.15, 0.2) is 6.04 Å². The summed E-state index contributed by atoms with van der Waals surface area (Å²) in [6.45, 7) is 1.80. The molecule has 0 radical (unpaired) electrons. The van der Waals surface area contributed by atoms with Crippen LogP contribution in [0.5, 0.6) is 5.75 Å². The molecular weight excluding hydrogens is 409 g/mol. The van der Waals surface area contributed by atoms with Gasteiger partial charge in [-0.1, -0.05) is 36.6 Å². The van der Waals surface area contributed by atoms with E-state index in [9.17, 15) is 9.70 Å². The van der Waals surface area contributed by atoms with E-state index in [4.69, 9.17) is 9.84 Å². The molecule has 2 heterocycles. The van der Waals surface area contributed by atoms with Crippen molar-refractivity contribution in [2.45, 2.75) is 19.5 Å². The first-order valence-corrected chi connectivity index (χ1v) is 10.7. The number of thioether (sulfide) groups is 1. The first-order valence-electron chi connectivity index (χ1n) is 8.92. The van der Waals surface area contributed by atoms with Crippen LogP contribution >= 0.6 is 23.1 Å². The molecule has 0 unspecified atom stereocenters. The van der Waals surface area contributed by atoms with E-state index in [1.54, 1.807) is 6.82 Å². The predicted molar refractivity (Wildman–Crippen MR) is 118 cm³/mol. The number of aliphatic carboxylic acids is 1. The molecule has 1 aromatic heterocycles. The van der Waals surface area contributed by atoms with E-state index in [1.165, 1.54) is 23.1 Å². The van der Waals surface area contributed by atoms with Gasteiger partial charge in [0.25, 0.3) is 0 Å². The van der Waals surface area contributed by atoms with Crippen LogP contribution in [0.3, 0.4) is 0 Å². The summed E-state index contributed by atoms with van der Waals surface area (Å²) in [7, 11) is 0. The van der Waals surface area contributed by atoms with Gasteiger partial charge in [0.2, 0.25) is 0 Å². The fourth-order valence-electron chi connectivity index (χ4n) is 2.82. The Morgan fingerprint density at radius 1 is 1.31 bits per heavy atom. The second-order valence-electron chi connectivity index (χ2n) is 6.56. The fraction of sp³-hybridized carbons (Fsp3) is 0.211. The van der Waals surface area contributed by atoms with E-state index in [-0.39, 0.29) is 6.85 Å². The molecule has 2 aromatic carbocycles. The van der Waals surface area contributed by atoms with Gasteiger partial charge in [0.1, 0.15) is 22.4 Å². The van der Waals surface area contributed by atoms with Crippen molar-refractivity contribution in [2.24, 2.45) is 10.1 Å². The summed E-state index contributed by atoms with van der Waals surface area (Å²) in [5, 5.41) is 13.5. The van der Waals surface area contributed by atoms with E-state index in [0.717, 1.165) is 32.0 Å². The Kier molecular flexibility index (Phi) is 5.64. The van der Waals surface area contributed by atoms with Crippen LogP contribution in [0.4, 0.5) is 0 Å². The van der Waals surface area contributed by atoms with Crippen LogP contribution < -0.4 is 10.2 Å². The number of fused-ring (bicyclic) bond motifs is 1. The zero-order chi connectivity index (χ0) is 20.4. The molecule has 0 saturated heterocycles. The Labute approximate surface area is 175 Å². The highest BCUT2D eigenvalue weighted by Gasteiger charge is 2.26. The van der Waals surface area contributed by atoms with Gasteiger partial charge in [-0.05, 0) is 23.8 Å². The van der Waals surface area contributed by atoms with E-state index in [2.05, 4.69) is 15.1 Å². The molecule has 10 heteroatoms. The Bertz CT molecular complexity index is 1100. The predicted octanol–water partition coefficient (Wildman–Crippen LogP) is 3.42. The lowest BCUT2D eigenvalue weighted by Crippen LogP contribution is -2.23. The van der Waals surface area contributed by atoms with Gasteiger partial charge in [-0.25, -0.2) is 9.78 Å². The zero-order valence-corrected chi connectivity index (χ0v) is 17.1. The molecule has 1 aliphatic rings. The first kappa shape index (κ1) is 19.6. The van der Waals surface area contributed by atoms with E-state index < -0.39 is 12.0 Å². The van der Waals surface area contributed by atoms with Gasteiger partial charge in [-0.15, -0.1) is 28.2 Å². The second-order valence-corrected chi connectivity index (χ2v) is 8.60. The largest absolute Gasteiger partial charge is 0.489 e. The van der Waals surface area contributed by atoms with Crippen molar-refractivity contribution in [3.63, 3.8) is 0 Å². The highest BCUT2D eigenvalue weighted by molar-refractivity contribution is 8.15. The van der Waals surface area contributed by atoms with Crippen molar-refractivity contribution in [2.75, 3.05) is 5.75 Å². The number of hydrogen-bond acceptors (Lipinski definition) is 8. The molecule has 0 amide bonds. The summed E-state index contributed by atoms with van der Waals surface area (Å²) in [5.41, 5.74) is 2.70. The number of carboxylic acids is 1. The number of carbonyl (C=O) groups is 1. The summed E-state index contributed by atoms with van der Waals surface area (Å²) in [4.78, 5) is 30.5. The quantitative estimate of drug-likeness (QED) is 0.460. The summed E-state index contributed by atoms with van der Waals surface area (Å²) in [6.07, 6.45) is 0. The van der Waals surface area contributed by atoms with Crippen LogP contribution in [0.1, 0.15) is 10.6 Å². The lowest BCUT2D eigenvalue weighted by atomic mass is 9.60. The maximum Gasteiger partial charge on any atom is 0.366 e. The van der Waals surface area contributed by atoms with Crippen LogP contribution in [0.25, 0.3) is 10.2 Å². The standard InChI is InChI=1S/C19H16BN3O4S2/c1-20(23-26)12-4-2-11(3-5-12)9-27-13-6-7-14-16(8-13)29-18(21-14)17-22-15(10-28-17)19(24)25/h2-8,15H,9-10H2,1H3,(H,24,25)/t15-/m1/s1. The fourth-order valence-corrected chi connectivity index (χ4v) is 4.91. The number of aromatic nitrogens is 1. The molecule has 0 saturated carbocycles. The normalized spacial score (nSPS) is 15.9. The van der Waals surface area contributed by atoms with Crippen molar-refractivity contribution < 1.29 is 14.6 Å². The number of hydrogen-bond donors (Lipinski definition) is 1. The van der Waals surface area contributed by atoms with E-state index >= 15 is 0 Å². The zero-order valence-electron chi connectivity index (χ0n) is 15.4. The van der Waals surface area contributed by atoms with Crippen LogP contribution in [0.2, 0.25) is 6.82 Å². The molecule has 4 rings (SSSR count). The van der Waals surface area contributed by atoms with Crippen molar-refractivity contribution in [3.8, 4) is 5.75 Å². The molecule has 0 fully saturated rings. The third-order valence-electron chi connectivity index (χ3n) is 4.50. The second kappa shape index (κ2) is 8.34. The van der Waals surface area contributed by atoms with Crippen molar-refractivity contribution in [3.05, 3.63) is 57.9 Å². The summed E-state index contributed by atoms with van der Waals surface area (Å²) >= 11 is 2.90. The summed E-state index contributed by atoms with van der Waals surface area (Å²) in [5.74, 6) is 0.258. The highest BCUT2D eigenvalue weighted by atomic mass is 32.2. The Morgan fingerprint density at radius 3 is 2.79 bits per heavy atom. The minimum atomic E-state index is -0.908. The van der Waals surface area contributed by atoms with E-state index in [0.29, 0.717) is 17.4 Å². The smallest absolute Gasteiger partial charge is 0.366 e. The number of ether oxygens (including phenoxy) is 1. The summed E-state index contributed by atoms with van der Waals surface area (Å²) < 4.78 is 6.85. The average Bonchev–Trinajstić information content (AvgIpc) is 3.38. The van der Waals surface area contributed by atoms with Gasteiger partial charge in [-0.3, -0.25) is 4.99 Å². The highest BCUT2D eigenvalue weighted by Crippen LogP contribution is 2.31.